The zero-order chi connectivity index (χ0) is 26.4. The number of nitrogens with zero attached hydrogens (tertiary/aromatic N) is 3. The standard InChI is InChI=1S/C25H23Cl3F2N4O3/c1-32-4-6-33(7-5-32)23-18(30)9-15-22(21(23)28)34(19-10-17(19)29)12-20(24(15)35)37-25(36)31-11-13-2-3-14(26)8-16(13)27/h2-3,8-9,12,17,19H,4-7,10-11H2,1H3,(H,31,36). The SMILES string of the molecule is CN1CCN(c2c(F)cc3c(=O)c(OC(=O)NCc4ccc(Cl)cc4Cl)cn(C4CC4F)c3c2Cl)CC1. The van der Waals surface area contributed by atoms with E-state index in [1.54, 1.807) is 12.1 Å². The summed E-state index contributed by atoms with van der Waals surface area (Å²) in [4.78, 5) is 29.7. The Morgan fingerprint density at radius 2 is 1.86 bits per heavy atom. The number of hydrogen-bond donors (Lipinski definition) is 1. The van der Waals surface area contributed by atoms with Crippen molar-refractivity contribution < 1.29 is 18.3 Å². The number of aromatic nitrogens is 1. The highest BCUT2D eigenvalue weighted by atomic mass is 35.5. The highest BCUT2D eigenvalue weighted by Crippen LogP contribution is 2.44. The third-order valence-electron chi connectivity index (χ3n) is 6.65. The van der Waals surface area contributed by atoms with Crippen LogP contribution in [-0.2, 0) is 6.54 Å². The second kappa shape index (κ2) is 10.3. The van der Waals surface area contributed by atoms with Crippen molar-refractivity contribution in [3.63, 3.8) is 0 Å². The molecule has 12 heteroatoms. The molecule has 1 saturated heterocycles. The summed E-state index contributed by atoms with van der Waals surface area (Å²) in [6.07, 6.45) is -0.618. The Hall–Kier alpha value is -2.59. The van der Waals surface area contributed by atoms with Crippen molar-refractivity contribution in [3.05, 3.63) is 67.1 Å². The zero-order valence-corrected chi connectivity index (χ0v) is 22.0. The van der Waals surface area contributed by atoms with Crippen molar-refractivity contribution in [2.45, 2.75) is 25.2 Å². The number of pyridine rings is 1. The van der Waals surface area contributed by atoms with E-state index in [4.69, 9.17) is 39.5 Å². The fourth-order valence-electron chi connectivity index (χ4n) is 4.47. The van der Waals surface area contributed by atoms with E-state index < -0.39 is 29.6 Å². The monoisotopic (exact) mass is 570 g/mol. The molecular formula is C25H23Cl3F2N4O3. The van der Waals surface area contributed by atoms with Gasteiger partial charge in [0.15, 0.2) is 5.75 Å². The van der Waals surface area contributed by atoms with Gasteiger partial charge >= 0.3 is 6.09 Å². The number of benzene rings is 2. The molecule has 37 heavy (non-hydrogen) atoms. The van der Waals surface area contributed by atoms with Gasteiger partial charge in [-0.1, -0.05) is 40.9 Å². The van der Waals surface area contributed by atoms with Crippen molar-refractivity contribution in [1.29, 1.82) is 0 Å². The Morgan fingerprint density at radius 1 is 1.16 bits per heavy atom. The molecule has 1 amide bonds. The predicted octanol–water partition coefficient (Wildman–Crippen LogP) is 5.42. The molecule has 0 spiro atoms. The Bertz CT molecular complexity index is 1440. The lowest BCUT2D eigenvalue weighted by atomic mass is 10.1. The average molecular weight is 572 g/mol. The fourth-order valence-corrected chi connectivity index (χ4v) is 5.35. The smallest absolute Gasteiger partial charge is 0.405 e. The van der Waals surface area contributed by atoms with E-state index in [1.165, 1.54) is 16.8 Å². The topological polar surface area (TPSA) is 66.8 Å². The summed E-state index contributed by atoms with van der Waals surface area (Å²) in [5, 5.41) is 3.25. The molecule has 3 aromatic rings. The summed E-state index contributed by atoms with van der Waals surface area (Å²) in [5.74, 6) is -1.04. The molecule has 1 saturated carbocycles. The second-order valence-corrected chi connectivity index (χ2v) is 10.5. The molecule has 1 aliphatic heterocycles. The lowest BCUT2D eigenvalue weighted by Gasteiger charge is -2.35. The number of carbonyl (C=O) groups is 1. The van der Waals surface area contributed by atoms with Gasteiger partial charge < -0.3 is 24.4 Å². The van der Waals surface area contributed by atoms with E-state index in [-0.39, 0.29) is 40.3 Å². The molecule has 1 aliphatic carbocycles. The van der Waals surface area contributed by atoms with Crippen LogP contribution in [-0.4, -0.2) is 55.0 Å². The van der Waals surface area contributed by atoms with Gasteiger partial charge in [0, 0.05) is 49.2 Å². The highest BCUT2D eigenvalue weighted by molar-refractivity contribution is 6.38. The third kappa shape index (κ3) is 5.23. The first-order valence-corrected chi connectivity index (χ1v) is 12.8. The third-order valence-corrected chi connectivity index (χ3v) is 7.59. The maximum Gasteiger partial charge on any atom is 0.413 e. The number of anilines is 1. The maximum atomic E-state index is 15.3. The van der Waals surface area contributed by atoms with Crippen molar-refractivity contribution >= 4 is 57.5 Å². The van der Waals surface area contributed by atoms with Crippen LogP contribution in [0.25, 0.3) is 10.9 Å². The molecule has 2 aliphatic rings. The number of likely N-dealkylation sites (N-methyl/N-ethyl adjacent to an activating group) is 1. The van der Waals surface area contributed by atoms with E-state index in [1.807, 2.05) is 11.9 Å². The molecule has 0 radical (unpaired) electrons. The second-order valence-electron chi connectivity index (χ2n) is 9.24. The Morgan fingerprint density at radius 3 is 2.51 bits per heavy atom. The summed E-state index contributed by atoms with van der Waals surface area (Å²) < 4.78 is 36.3. The van der Waals surface area contributed by atoms with Crippen LogP contribution in [0.2, 0.25) is 15.1 Å². The van der Waals surface area contributed by atoms with Crippen LogP contribution >= 0.6 is 34.8 Å². The Kier molecular flexibility index (Phi) is 7.24. The number of piperazine rings is 1. The van der Waals surface area contributed by atoms with Gasteiger partial charge in [-0.3, -0.25) is 4.79 Å². The molecule has 2 unspecified atom stereocenters. The van der Waals surface area contributed by atoms with Crippen molar-refractivity contribution in [2.75, 3.05) is 38.1 Å². The average Bonchev–Trinajstić information content (AvgIpc) is 3.58. The fraction of sp³-hybridized carbons (Fsp3) is 0.360. The number of amides is 1. The number of ether oxygens (including phenoxy) is 1. The van der Waals surface area contributed by atoms with Crippen LogP contribution in [0.15, 0.2) is 35.3 Å². The van der Waals surface area contributed by atoms with E-state index in [0.29, 0.717) is 28.7 Å². The van der Waals surface area contributed by atoms with Gasteiger partial charge in [0.05, 0.1) is 33.9 Å². The van der Waals surface area contributed by atoms with E-state index in [2.05, 4.69) is 10.2 Å². The lowest BCUT2D eigenvalue weighted by molar-refractivity contribution is 0.199. The van der Waals surface area contributed by atoms with Gasteiger partial charge in [-0.05, 0) is 30.8 Å². The highest BCUT2D eigenvalue weighted by Gasteiger charge is 2.41. The number of carbonyl (C=O) groups excluding carboxylic acids is 1. The zero-order valence-electron chi connectivity index (χ0n) is 19.7. The quantitative estimate of drug-likeness (QED) is 0.443. The minimum absolute atomic E-state index is 0.0145. The molecule has 5 rings (SSSR count). The van der Waals surface area contributed by atoms with Crippen LogP contribution < -0.4 is 20.4 Å². The van der Waals surface area contributed by atoms with Crippen LogP contribution in [0.4, 0.5) is 19.3 Å². The summed E-state index contributed by atoms with van der Waals surface area (Å²) in [6.45, 7) is 2.56. The Labute approximate surface area is 226 Å². The number of fused-ring (bicyclic) bond motifs is 1. The largest absolute Gasteiger partial charge is 0.413 e. The van der Waals surface area contributed by atoms with Crippen molar-refractivity contribution in [2.24, 2.45) is 0 Å². The number of hydrogen-bond acceptors (Lipinski definition) is 5. The first-order valence-electron chi connectivity index (χ1n) is 11.7. The van der Waals surface area contributed by atoms with Gasteiger partial charge in [-0.25, -0.2) is 13.6 Å². The van der Waals surface area contributed by atoms with Crippen LogP contribution in [0.3, 0.4) is 0 Å². The number of rotatable bonds is 5. The van der Waals surface area contributed by atoms with Gasteiger partial charge in [-0.15, -0.1) is 0 Å². The minimum atomic E-state index is -1.16. The van der Waals surface area contributed by atoms with Gasteiger partial charge in [0.25, 0.3) is 0 Å². The molecule has 2 fully saturated rings. The number of alkyl halides is 1. The summed E-state index contributed by atoms with van der Waals surface area (Å²) in [7, 11) is 1.98. The van der Waals surface area contributed by atoms with Crippen molar-refractivity contribution in [3.8, 4) is 5.75 Å². The first-order chi connectivity index (χ1) is 17.6. The van der Waals surface area contributed by atoms with Gasteiger partial charge in [0.1, 0.15) is 12.0 Å². The Balaban J connectivity index is 1.48. The molecule has 1 N–H and O–H groups in total. The molecule has 1 aromatic heterocycles. The molecule has 2 heterocycles. The number of nitrogens with one attached hydrogen (secondary N) is 1. The van der Waals surface area contributed by atoms with Crippen LogP contribution in [0, 0.1) is 5.82 Å². The van der Waals surface area contributed by atoms with E-state index >= 15 is 4.39 Å². The van der Waals surface area contributed by atoms with Crippen LogP contribution in [0.1, 0.15) is 18.0 Å². The molecule has 2 aromatic carbocycles. The molecular weight excluding hydrogens is 549 g/mol. The molecule has 196 valence electrons. The van der Waals surface area contributed by atoms with Gasteiger partial charge in [-0.2, -0.15) is 0 Å². The summed E-state index contributed by atoms with van der Waals surface area (Å²) >= 11 is 18.7. The van der Waals surface area contributed by atoms with E-state index in [0.717, 1.165) is 19.2 Å². The molecule has 0 bridgehead atoms. The lowest BCUT2D eigenvalue weighted by Crippen LogP contribution is -2.45. The minimum Gasteiger partial charge on any atom is -0.405 e. The normalized spacial score (nSPS) is 19.8. The predicted molar refractivity (Wildman–Crippen MR) is 141 cm³/mol. The first kappa shape index (κ1) is 26.0. The summed E-state index contributed by atoms with van der Waals surface area (Å²) in [5.41, 5.74) is 0.251. The van der Waals surface area contributed by atoms with E-state index in [9.17, 15) is 14.0 Å². The molecule has 7 nitrogen and oxygen atoms in total. The maximum absolute atomic E-state index is 15.3. The van der Waals surface area contributed by atoms with Crippen LogP contribution in [0.5, 0.6) is 5.75 Å². The summed E-state index contributed by atoms with van der Waals surface area (Å²) in [6, 6.07) is 5.28. The van der Waals surface area contributed by atoms with Crippen molar-refractivity contribution in [1.82, 2.24) is 14.8 Å². The van der Waals surface area contributed by atoms with Gasteiger partial charge in [0.2, 0.25) is 5.43 Å². The molecule has 2 atom stereocenters. The number of halogens is 5.